The van der Waals surface area contributed by atoms with Gasteiger partial charge < -0.3 is 19.7 Å². The molecule has 0 bridgehead atoms. The predicted molar refractivity (Wildman–Crippen MR) is 143 cm³/mol. The van der Waals surface area contributed by atoms with Gasteiger partial charge in [0.15, 0.2) is 11.5 Å². The Labute approximate surface area is 223 Å². The fourth-order valence-electron chi connectivity index (χ4n) is 3.91. The van der Waals surface area contributed by atoms with Crippen molar-refractivity contribution in [3.05, 3.63) is 53.1 Å². The molecular formula is C26H34ClN3O6S. The molecule has 3 rings (SSSR count). The lowest BCUT2D eigenvalue weighted by atomic mass is 10.1. The summed E-state index contributed by atoms with van der Waals surface area (Å²) in [7, 11) is -3.85. The Kier molecular flexibility index (Phi) is 9.67. The second kappa shape index (κ2) is 12.5. The zero-order valence-electron chi connectivity index (χ0n) is 21.6. The quantitative estimate of drug-likeness (QED) is 0.430. The maximum absolute atomic E-state index is 13.8. The van der Waals surface area contributed by atoms with E-state index >= 15 is 0 Å². The van der Waals surface area contributed by atoms with Gasteiger partial charge in [-0.15, -0.1) is 0 Å². The summed E-state index contributed by atoms with van der Waals surface area (Å²) in [5, 5.41) is 3.35. The molecule has 1 aliphatic rings. The van der Waals surface area contributed by atoms with Crippen LogP contribution in [0.2, 0.25) is 5.02 Å². The fourth-order valence-corrected chi connectivity index (χ4v) is 5.16. The smallest absolute Gasteiger partial charge is 0.244 e. The largest absolute Gasteiger partial charge is 0.454 e. The summed E-state index contributed by atoms with van der Waals surface area (Å²) in [6.07, 6.45) is 0.338. The number of ether oxygens (including phenoxy) is 2. The Morgan fingerprint density at radius 3 is 2.43 bits per heavy atom. The topological polar surface area (TPSA) is 105 Å². The van der Waals surface area contributed by atoms with E-state index in [2.05, 4.69) is 5.32 Å². The first kappa shape index (κ1) is 28.6. The first-order valence-electron chi connectivity index (χ1n) is 12.3. The van der Waals surface area contributed by atoms with Crippen molar-refractivity contribution in [3.63, 3.8) is 0 Å². The van der Waals surface area contributed by atoms with Gasteiger partial charge in [0.1, 0.15) is 12.6 Å². The fraction of sp³-hybridized carbons (Fsp3) is 0.462. The third kappa shape index (κ3) is 7.07. The van der Waals surface area contributed by atoms with Crippen LogP contribution in [0.3, 0.4) is 0 Å². The van der Waals surface area contributed by atoms with Crippen LogP contribution in [0.1, 0.15) is 39.7 Å². The summed E-state index contributed by atoms with van der Waals surface area (Å²) in [4.78, 5) is 28.4. The van der Waals surface area contributed by atoms with Crippen LogP contribution >= 0.6 is 11.6 Å². The number of carbonyl (C=O) groups excluding carboxylic acids is 2. The maximum atomic E-state index is 13.8. The number of hydrogen-bond acceptors (Lipinski definition) is 6. The van der Waals surface area contributed by atoms with Gasteiger partial charge >= 0.3 is 0 Å². The number of benzene rings is 2. The van der Waals surface area contributed by atoms with E-state index in [0.29, 0.717) is 35.1 Å². The molecule has 1 aliphatic heterocycles. The van der Waals surface area contributed by atoms with Gasteiger partial charge in [-0.3, -0.25) is 13.9 Å². The molecule has 1 heterocycles. The Morgan fingerprint density at radius 2 is 1.78 bits per heavy atom. The highest BCUT2D eigenvalue weighted by atomic mass is 35.5. The van der Waals surface area contributed by atoms with Crippen molar-refractivity contribution < 1.29 is 27.5 Å². The summed E-state index contributed by atoms with van der Waals surface area (Å²) in [6.45, 7) is 7.33. The molecule has 2 aromatic carbocycles. The monoisotopic (exact) mass is 551 g/mol. The number of sulfonamides is 1. The van der Waals surface area contributed by atoms with Gasteiger partial charge in [-0.25, -0.2) is 8.42 Å². The van der Waals surface area contributed by atoms with Crippen LogP contribution < -0.4 is 19.1 Å². The maximum Gasteiger partial charge on any atom is 0.244 e. The van der Waals surface area contributed by atoms with Gasteiger partial charge in [-0.1, -0.05) is 50.6 Å². The van der Waals surface area contributed by atoms with Crippen LogP contribution in [-0.4, -0.2) is 56.8 Å². The number of carbonyl (C=O) groups is 2. The third-order valence-corrected chi connectivity index (χ3v) is 8.10. The summed E-state index contributed by atoms with van der Waals surface area (Å²) in [5.41, 5.74) is 0.926. The Morgan fingerprint density at radius 1 is 1.08 bits per heavy atom. The van der Waals surface area contributed by atoms with Gasteiger partial charge in [0.2, 0.25) is 28.6 Å². The van der Waals surface area contributed by atoms with Crippen molar-refractivity contribution in [2.75, 3.05) is 29.9 Å². The standard InChI is InChI=1S/C26H34ClN3O6S/c1-5-22(26(32)28-14-18(3)4)29(15-19-9-7-8-10-21(19)27)25(31)16-30(37(33,34)6-2)20-11-12-23-24(13-20)36-17-35-23/h7-13,18,22H,5-6,14-17H2,1-4H3,(H,28,32)/t22-/m1/s1. The Hall–Kier alpha value is -2.98. The molecule has 2 aromatic rings. The predicted octanol–water partition coefficient (Wildman–Crippen LogP) is 3.80. The minimum absolute atomic E-state index is 0.0352. The van der Waals surface area contributed by atoms with Crippen LogP contribution in [0.5, 0.6) is 11.5 Å². The highest BCUT2D eigenvalue weighted by Crippen LogP contribution is 2.36. The molecule has 0 aliphatic carbocycles. The van der Waals surface area contributed by atoms with E-state index in [1.165, 1.54) is 17.9 Å². The molecule has 0 radical (unpaired) electrons. The Bertz CT molecular complexity index is 1220. The Balaban J connectivity index is 1.97. The van der Waals surface area contributed by atoms with E-state index in [9.17, 15) is 18.0 Å². The average Bonchev–Trinajstić information content (AvgIpc) is 3.34. The summed E-state index contributed by atoms with van der Waals surface area (Å²) in [5.74, 6) is 0.0765. The molecule has 0 aromatic heterocycles. The zero-order chi connectivity index (χ0) is 27.2. The van der Waals surface area contributed by atoms with Crippen molar-refractivity contribution in [1.29, 1.82) is 0 Å². The third-order valence-electron chi connectivity index (χ3n) is 5.99. The molecule has 1 atom stereocenters. The van der Waals surface area contributed by atoms with Crippen LogP contribution in [0.4, 0.5) is 5.69 Å². The number of nitrogens with one attached hydrogen (secondary N) is 1. The normalized spacial score (nSPS) is 13.4. The molecular weight excluding hydrogens is 518 g/mol. The average molecular weight is 552 g/mol. The van der Waals surface area contributed by atoms with E-state index in [1.807, 2.05) is 20.8 Å². The van der Waals surface area contributed by atoms with Crippen LogP contribution in [0.15, 0.2) is 42.5 Å². The number of anilines is 1. The molecule has 9 nitrogen and oxygen atoms in total. The zero-order valence-corrected chi connectivity index (χ0v) is 23.1. The van der Waals surface area contributed by atoms with Crippen molar-refractivity contribution in [2.45, 2.75) is 46.7 Å². The molecule has 1 N–H and O–H groups in total. The number of nitrogens with zero attached hydrogens (tertiary/aromatic N) is 2. The molecule has 37 heavy (non-hydrogen) atoms. The van der Waals surface area contributed by atoms with Crippen LogP contribution in [0.25, 0.3) is 0 Å². The first-order valence-corrected chi connectivity index (χ1v) is 14.3. The molecule has 0 saturated carbocycles. The number of amides is 2. The van der Waals surface area contributed by atoms with Crippen LogP contribution in [-0.2, 0) is 26.2 Å². The highest BCUT2D eigenvalue weighted by Gasteiger charge is 2.33. The molecule has 0 saturated heterocycles. The lowest BCUT2D eigenvalue weighted by Crippen LogP contribution is -2.52. The van der Waals surface area contributed by atoms with E-state index in [1.54, 1.807) is 36.4 Å². The lowest BCUT2D eigenvalue weighted by molar-refractivity contribution is -0.140. The van der Waals surface area contributed by atoms with Crippen molar-refractivity contribution >= 4 is 39.1 Å². The highest BCUT2D eigenvalue weighted by molar-refractivity contribution is 7.92. The summed E-state index contributed by atoms with van der Waals surface area (Å²) >= 11 is 6.38. The molecule has 11 heteroatoms. The van der Waals surface area contributed by atoms with Gasteiger partial charge in [0, 0.05) is 24.2 Å². The van der Waals surface area contributed by atoms with Crippen molar-refractivity contribution in [3.8, 4) is 11.5 Å². The SMILES string of the molecule is CC[C@H](C(=O)NCC(C)C)N(Cc1ccccc1Cl)C(=O)CN(c1ccc2c(c1)OCO2)S(=O)(=O)CC. The van der Waals surface area contributed by atoms with E-state index in [0.717, 1.165) is 4.31 Å². The molecule has 202 valence electrons. The number of hydrogen-bond donors (Lipinski definition) is 1. The first-order chi connectivity index (χ1) is 17.6. The van der Waals surface area contributed by atoms with Gasteiger partial charge in [-0.2, -0.15) is 0 Å². The van der Waals surface area contributed by atoms with E-state index in [4.69, 9.17) is 21.1 Å². The van der Waals surface area contributed by atoms with Crippen molar-refractivity contribution in [2.24, 2.45) is 5.92 Å². The second-order valence-electron chi connectivity index (χ2n) is 9.12. The molecule has 0 unspecified atom stereocenters. The minimum Gasteiger partial charge on any atom is -0.454 e. The van der Waals surface area contributed by atoms with E-state index in [-0.39, 0.29) is 36.6 Å². The summed E-state index contributed by atoms with van der Waals surface area (Å²) < 4.78 is 38.0. The van der Waals surface area contributed by atoms with E-state index < -0.39 is 28.5 Å². The molecule has 0 spiro atoms. The number of rotatable bonds is 12. The number of halogens is 1. The van der Waals surface area contributed by atoms with Gasteiger partial charge in [-0.05, 0) is 43.0 Å². The minimum atomic E-state index is -3.85. The lowest BCUT2D eigenvalue weighted by Gasteiger charge is -2.33. The van der Waals surface area contributed by atoms with Crippen LogP contribution in [0, 0.1) is 5.92 Å². The summed E-state index contributed by atoms with van der Waals surface area (Å²) in [6, 6.07) is 11.0. The van der Waals surface area contributed by atoms with Crippen molar-refractivity contribution in [1.82, 2.24) is 10.2 Å². The van der Waals surface area contributed by atoms with Gasteiger partial charge in [0.25, 0.3) is 0 Å². The van der Waals surface area contributed by atoms with Gasteiger partial charge in [0.05, 0.1) is 11.4 Å². The molecule has 0 fully saturated rings. The molecule has 2 amide bonds. The number of fused-ring (bicyclic) bond motifs is 1. The second-order valence-corrected chi connectivity index (χ2v) is 11.7.